The van der Waals surface area contributed by atoms with Crippen LogP contribution in [-0.2, 0) is 4.79 Å². The number of carbonyl (C=O) groups is 2. The molecule has 2 amide bonds. The summed E-state index contributed by atoms with van der Waals surface area (Å²) in [5.41, 5.74) is 5.29. The molecule has 0 fully saturated rings. The van der Waals surface area contributed by atoms with E-state index in [2.05, 4.69) is 25.6 Å². The number of hydrogen-bond donors (Lipinski definition) is 3. The predicted octanol–water partition coefficient (Wildman–Crippen LogP) is -0.423. The second kappa shape index (κ2) is 7.62. The topological polar surface area (TPSA) is 132 Å². The lowest BCUT2D eigenvalue weighted by molar-refractivity contribution is -0.123. The highest BCUT2D eigenvalue weighted by Crippen LogP contribution is 2.07. The van der Waals surface area contributed by atoms with Gasteiger partial charge in [-0.15, -0.1) is 0 Å². The number of para-hydroxylation sites is 1. The molecular weight excluding hydrogens is 290 g/mol. The van der Waals surface area contributed by atoms with E-state index in [1.165, 1.54) is 0 Å². The number of hydrogen-bond acceptors (Lipinski definition) is 7. The van der Waals surface area contributed by atoms with Crippen molar-refractivity contribution in [2.45, 2.75) is 0 Å². The van der Waals surface area contributed by atoms with Crippen LogP contribution < -0.4 is 21.1 Å². The van der Waals surface area contributed by atoms with Gasteiger partial charge in [-0.1, -0.05) is 18.2 Å². The highest BCUT2D eigenvalue weighted by atomic mass is 16.6. The Hall–Kier alpha value is -3.10. The second-order valence-electron chi connectivity index (χ2n) is 4.21. The Bertz CT molecular complexity index is 628. The fourth-order valence-corrected chi connectivity index (χ4v) is 1.53. The van der Waals surface area contributed by atoms with Crippen LogP contribution in [0.15, 0.2) is 35.0 Å². The number of nitrogens with two attached hydrogens (primary N) is 1. The van der Waals surface area contributed by atoms with Crippen molar-refractivity contribution in [2.75, 3.05) is 25.4 Å². The molecule has 2 aromatic rings. The molecule has 9 nitrogen and oxygen atoms in total. The van der Waals surface area contributed by atoms with Crippen molar-refractivity contribution in [2.24, 2.45) is 0 Å². The molecule has 0 unspecified atom stereocenters. The number of nitrogens with one attached hydrogen (secondary N) is 2. The van der Waals surface area contributed by atoms with Crippen molar-refractivity contribution in [3.8, 4) is 5.75 Å². The summed E-state index contributed by atoms with van der Waals surface area (Å²) in [6.45, 7) is 0.355. The quantitative estimate of drug-likeness (QED) is 0.591. The van der Waals surface area contributed by atoms with Gasteiger partial charge in [0.1, 0.15) is 5.75 Å². The summed E-state index contributed by atoms with van der Waals surface area (Å²) in [4.78, 5) is 23.1. The van der Waals surface area contributed by atoms with Crippen molar-refractivity contribution >= 4 is 17.6 Å². The Labute approximate surface area is 125 Å². The molecular formula is C13H15N5O4. The fraction of sp³-hybridized carbons (Fsp3) is 0.231. The molecule has 0 bridgehead atoms. The van der Waals surface area contributed by atoms with Crippen LogP contribution in [-0.4, -0.2) is 41.8 Å². The molecule has 9 heteroatoms. The van der Waals surface area contributed by atoms with Crippen LogP contribution in [0.5, 0.6) is 5.75 Å². The van der Waals surface area contributed by atoms with Gasteiger partial charge in [-0.3, -0.25) is 9.59 Å². The van der Waals surface area contributed by atoms with E-state index in [1.54, 1.807) is 12.1 Å². The molecule has 0 saturated carbocycles. The van der Waals surface area contributed by atoms with Crippen molar-refractivity contribution in [1.29, 1.82) is 0 Å². The molecule has 0 radical (unpaired) electrons. The standard InChI is InChI=1S/C13H15N5O4/c14-12-11(17-22-18-12)13(20)16-7-6-15-10(19)8-21-9-4-2-1-3-5-9/h1-5H,6-8H2,(H2,14,18)(H,15,19)(H,16,20). The molecule has 0 aliphatic rings. The first-order valence-electron chi connectivity index (χ1n) is 6.47. The molecule has 1 heterocycles. The Kier molecular flexibility index (Phi) is 5.30. The molecule has 1 aromatic carbocycles. The number of ether oxygens (including phenoxy) is 1. The first-order valence-corrected chi connectivity index (χ1v) is 6.47. The highest BCUT2D eigenvalue weighted by molar-refractivity contribution is 5.95. The fourth-order valence-electron chi connectivity index (χ4n) is 1.53. The van der Waals surface area contributed by atoms with E-state index in [-0.39, 0.29) is 37.1 Å². The molecule has 0 aliphatic carbocycles. The first kappa shape index (κ1) is 15.3. The van der Waals surface area contributed by atoms with Gasteiger partial charge in [0.25, 0.3) is 11.8 Å². The van der Waals surface area contributed by atoms with Crippen molar-refractivity contribution in [3.05, 3.63) is 36.0 Å². The minimum atomic E-state index is -0.520. The van der Waals surface area contributed by atoms with Gasteiger partial charge in [0.15, 0.2) is 6.61 Å². The van der Waals surface area contributed by atoms with Crippen LogP contribution in [0.25, 0.3) is 0 Å². The third-order valence-corrected chi connectivity index (χ3v) is 2.57. The Morgan fingerprint density at radius 3 is 2.55 bits per heavy atom. The lowest BCUT2D eigenvalue weighted by Crippen LogP contribution is -2.37. The lowest BCUT2D eigenvalue weighted by atomic mass is 10.3. The van der Waals surface area contributed by atoms with Crippen LogP contribution in [0.4, 0.5) is 5.82 Å². The SMILES string of the molecule is Nc1nonc1C(=O)NCCNC(=O)COc1ccccc1. The highest BCUT2D eigenvalue weighted by Gasteiger charge is 2.15. The van der Waals surface area contributed by atoms with Gasteiger partial charge in [0.05, 0.1) is 0 Å². The maximum Gasteiger partial charge on any atom is 0.277 e. The average Bonchev–Trinajstić information content (AvgIpc) is 2.96. The summed E-state index contributed by atoms with van der Waals surface area (Å²) in [6.07, 6.45) is 0. The normalized spacial score (nSPS) is 10.0. The third kappa shape index (κ3) is 4.47. The number of amides is 2. The Morgan fingerprint density at radius 2 is 1.86 bits per heavy atom. The summed E-state index contributed by atoms with van der Waals surface area (Å²) in [7, 11) is 0. The molecule has 4 N–H and O–H groups in total. The van der Waals surface area contributed by atoms with Crippen molar-refractivity contribution in [1.82, 2.24) is 20.9 Å². The number of benzene rings is 1. The molecule has 22 heavy (non-hydrogen) atoms. The van der Waals surface area contributed by atoms with Gasteiger partial charge in [0.2, 0.25) is 11.5 Å². The molecule has 0 aliphatic heterocycles. The van der Waals surface area contributed by atoms with E-state index in [1.807, 2.05) is 18.2 Å². The van der Waals surface area contributed by atoms with Crippen LogP contribution >= 0.6 is 0 Å². The predicted molar refractivity (Wildman–Crippen MR) is 76.0 cm³/mol. The number of nitrogens with zero attached hydrogens (tertiary/aromatic N) is 2. The Balaban J connectivity index is 1.61. The van der Waals surface area contributed by atoms with Gasteiger partial charge in [-0.2, -0.15) is 0 Å². The second-order valence-corrected chi connectivity index (χ2v) is 4.21. The molecule has 1 aromatic heterocycles. The first-order chi connectivity index (χ1) is 10.7. The van der Waals surface area contributed by atoms with E-state index in [9.17, 15) is 9.59 Å². The number of anilines is 1. The Morgan fingerprint density at radius 1 is 1.14 bits per heavy atom. The monoisotopic (exact) mass is 305 g/mol. The zero-order chi connectivity index (χ0) is 15.8. The van der Waals surface area contributed by atoms with Crippen LogP contribution in [0.1, 0.15) is 10.5 Å². The van der Waals surface area contributed by atoms with Crippen molar-refractivity contribution < 1.29 is 19.0 Å². The van der Waals surface area contributed by atoms with Crippen LogP contribution in [0.3, 0.4) is 0 Å². The molecule has 0 saturated heterocycles. The van der Waals surface area contributed by atoms with E-state index >= 15 is 0 Å². The van der Waals surface area contributed by atoms with Crippen LogP contribution in [0.2, 0.25) is 0 Å². The van der Waals surface area contributed by atoms with Gasteiger partial charge in [-0.25, -0.2) is 4.63 Å². The van der Waals surface area contributed by atoms with E-state index < -0.39 is 5.91 Å². The summed E-state index contributed by atoms with van der Waals surface area (Å²) in [5, 5.41) is 11.8. The molecule has 116 valence electrons. The molecule has 2 rings (SSSR count). The number of carbonyl (C=O) groups excluding carboxylic acids is 2. The molecule has 0 atom stereocenters. The maximum absolute atomic E-state index is 11.6. The summed E-state index contributed by atoms with van der Waals surface area (Å²) < 4.78 is 9.59. The zero-order valence-electron chi connectivity index (χ0n) is 11.6. The van der Waals surface area contributed by atoms with E-state index in [4.69, 9.17) is 10.5 Å². The summed E-state index contributed by atoms with van der Waals surface area (Å²) >= 11 is 0. The van der Waals surface area contributed by atoms with Gasteiger partial charge < -0.3 is 21.1 Å². The van der Waals surface area contributed by atoms with E-state index in [0.29, 0.717) is 5.75 Å². The number of nitrogen functional groups attached to an aromatic ring is 1. The van der Waals surface area contributed by atoms with Gasteiger partial charge >= 0.3 is 0 Å². The van der Waals surface area contributed by atoms with Gasteiger partial charge in [0, 0.05) is 13.1 Å². The largest absolute Gasteiger partial charge is 0.484 e. The number of rotatable bonds is 7. The van der Waals surface area contributed by atoms with Crippen LogP contribution in [0, 0.1) is 0 Å². The van der Waals surface area contributed by atoms with Crippen molar-refractivity contribution in [3.63, 3.8) is 0 Å². The minimum absolute atomic E-state index is 0.0845. The maximum atomic E-state index is 11.6. The summed E-state index contributed by atoms with van der Waals surface area (Å²) in [6, 6.07) is 8.99. The smallest absolute Gasteiger partial charge is 0.277 e. The minimum Gasteiger partial charge on any atom is -0.484 e. The average molecular weight is 305 g/mol. The van der Waals surface area contributed by atoms with E-state index in [0.717, 1.165) is 0 Å². The van der Waals surface area contributed by atoms with Gasteiger partial charge in [-0.05, 0) is 22.4 Å². The number of aromatic nitrogens is 2. The summed E-state index contributed by atoms with van der Waals surface area (Å²) in [5.74, 6) is -0.285. The lowest BCUT2D eigenvalue weighted by Gasteiger charge is -2.07. The zero-order valence-corrected chi connectivity index (χ0v) is 11.6. The molecule has 0 spiro atoms. The third-order valence-electron chi connectivity index (χ3n) is 2.57.